The first-order chi connectivity index (χ1) is 8.43. The minimum absolute atomic E-state index is 0.241. The number of ether oxygens (including phenoxy) is 1. The largest absolute Gasteiger partial charge is 0.467 e. The lowest BCUT2D eigenvalue weighted by Gasteiger charge is -2.15. The molecule has 1 amide bonds. The van der Waals surface area contributed by atoms with Gasteiger partial charge in [0.15, 0.2) is 0 Å². The van der Waals surface area contributed by atoms with E-state index in [9.17, 15) is 14.0 Å². The Labute approximate surface area is 113 Å². The highest BCUT2D eigenvalue weighted by Gasteiger charge is 2.20. The highest BCUT2D eigenvalue weighted by atomic mass is 79.9. The van der Waals surface area contributed by atoms with E-state index in [2.05, 4.69) is 26.0 Å². The minimum atomic E-state index is -0.773. The van der Waals surface area contributed by atoms with Gasteiger partial charge < -0.3 is 10.1 Å². The van der Waals surface area contributed by atoms with Gasteiger partial charge in [-0.25, -0.2) is 9.18 Å². The topological polar surface area (TPSA) is 55.4 Å². The number of carbonyl (C=O) groups is 2. The highest BCUT2D eigenvalue weighted by Crippen LogP contribution is 2.18. The summed E-state index contributed by atoms with van der Waals surface area (Å²) in [5.41, 5.74) is 0.715. The lowest BCUT2D eigenvalue weighted by molar-refractivity contribution is -0.144. The second-order valence-corrected chi connectivity index (χ2v) is 4.58. The third-order valence-electron chi connectivity index (χ3n) is 2.29. The zero-order valence-electron chi connectivity index (χ0n) is 10.00. The Morgan fingerprint density at radius 3 is 2.67 bits per heavy atom. The Hall–Kier alpha value is -1.43. The van der Waals surface area contributed by atoms with Gasteiger partial charge in [-0.15, -0.1) is 0 Å². The molecule has 18 heavy (non-hydrogen) atoms. The maximum absolute atomic E-state index is 13.1. The predicted octanol–water partition coefficient (Wildman–Crippen LogP) is 1.81. The van der Waals surface area contributed by atoms with Crippen LogP contribution in [0.2, 0.25) is 0 Å². The fourth-order valence-electron chi connectivity index (χ4n) is 1.48. The number of rotatable bonds is 4. The number of methoxy groups -OCH3 is 1. The van der Waals surface area contributed by atoms with Crippen molar-refractivity contribution < 1.29 is 18.7 Å². The van der Waals surface area contributed by atoms with Crippen molar-refractivity contribution in [1.82, 2.24) is 5.32 Å². The van der Waals surface area contributed by atoms with E-state index < -0.39 is 12.0 Å². The molecule has 0 saturated heterocycles. The lowest BCUT2D eigenvalue weighted by Crippen LogP contribution is -2.41. The normalized spacial score (nSPS) is 11.8. The van der Waals surface area contributed by atoms with Crippen LogP contribution in [0.15, 0.2) is 22.7 Å². The second kappa shape index (κ2) is 6.49. The fraction of sp³-hybridized carbons (Fsp3) is 0.333. The summed E-state index contributed by atoms with van der Waals surface area (Å²) in [5.74, 6) is -1.25. The van der Waals surface area contributed by atoms with Crippen LogP contribution in [0, 0.1) is 5.82 Å². The Kier molecular flexibility index (Phi) is 5.27. The van der Waals surface area contributed by atoms with Gasteiger partial charge in [-0.3, -0.25) is 4.79 Å². The number of esters is 1. The summed E-state index contributed by atoms with van der Waals surface area (Å²) in [6.45, 7) is 1.32. The molecule has 0 heterocycles. The molecule has 98 valence electrons. The molecule has 0 bridgehead atoms. The summed E-state index contributed by atoms with van der Waals surface area (Å²) in [7, 11) is 1.25. The van der Waals surface area contributed by atoms with Crippen molar-refractivity contribution in [3.63, 3.8) is 0 Å². The molecule has 4 nitrogen and oxygen atoms in total. The van der Waals surface area contributed by atoms with Gasteiger partial charge in [0.1, 0.15) is 11.9 Å². The predicted molar refractivity (Wildman–Crippen MR) is 67.4 cm³/mol. The average Bonchev–Trinajstić information content (AvgIpc) is 2.31. The maximum Gasteiger partial charge on any atom is 0.328 e. The van der Waals surface area contributed by atoms with Crippen LogP contribution < -0.4 is 5.32 Å². The third-order valence-corrected chi connectivity index (χ3v) is 2.89. The number of nitrogens with one attached hydrogen (secondary N) is 1. The van der Waals surface area contributed by atoms with Gasteiger partial charge in [0, 0.05) is 13.3 Å². The molecule has 0 aromatic heterocycles. The number of amides is 1. The van der Waals surface area contributed by atoms with E-state index in [-0.39, 0.29) is 18.1 Å². The molecule has 0 fully saturated rings. The Morgan fingerprint density at radius 2 is 2.17 bits per heavy atom. The number of benzene rings is 1. The molecule has 0 aliphatic rings. The number of carbonyl (C=O) groups excluding carboxylic acids is 2. The molecule has 1 aromatic carbocycles. The summed E-state index contributed by atoms with van der Waals surface area (Å²) in [6, 6.07) is 3.64. The molecule has 0 saturated carbocycles. The van der Waals surface area contributed by atoms with Crippen LogP contribution in [0.25, 0.3) is 0 Å². The van der Waals surface area contributed by atoms with Crippen molar-refractivity contribution in [2.75, 3.05) is 7.11 Å². The van der Waals surface area contributed by atoms with Crippen LogP contribution in [0.4, 0.5) is 4.39 Å². The van der Waals surface area contributed by atoms with E-state index in [1.807, 2.05) is 0 Å². The molecule has 0 unspecified atom stereocenters. The molecule has 0 aliphatic carbocycles. The maximum atomic E-state index is 13.1. The van der Waals surface area contributed by atoms with Crippen molar-refractivity contribution in [2.24, 2.45) is 0 Å². The van der Waals surface area contributed by atoms with Crippen LogP contribution in [0.3, 0.4) is 0 Å². The first-order valence-electron chi connectivity index (χ1n) is 5.23. The van der Waals surface area contributed by atoms with E-state index in [1.54, 1.807) is 12.1 Å². The molecule has 1 N–H and O–H groups in total. The Bertz CT molecular complexity index is 465. The van der Waals surface area contributed by atoms with E-state index in [0.29, 0.717) is 10.0 Å². The molecule has 1 rings (SSSR count). The van der Waals surface area contributed by atoms with Gasteiger partial charge in [0.05, 0.1) is 11.6 Å². The minimum Gasteiger partial charge on any atom is -0.467 e. The van der Waals surface area contributed by atoms with Gasteiger partial charge in [-0.05, 0) is 33.6 Å². The van der Waals surface area contributed by atoms with Crippen LogP contribution in [-0.4, -0.2) is 25.0 Å². The lowest BCUT2D eigenvalue weighted by atomic mass is 10.1. The molecular formula is C12H13BrFNO3. The molecule has 0 aliphatic heterocycles. The molecule has 1 atom stereocenters. The number of hydrogen-bond acceptors (Lipinski definition) is 3. The smallest absolute Gasteiger partial charge is 0.328 e. The average molecular weight is 318 g/mol. The van der Waals surface area contributed by atoms with Crippen molar-refractivity contribution in [3.8, 4) is 0 Å². The van der Waals surface area contributed by atoms with Crippen LogP contribution in [-0.2, 0) is 20.7 Å². The first kappa shape index (κ1) is 14.6. The fourth-order valence-corrected chi connectivity index (χ4v) is 1.91. The molecular weight excluding hydrogens is 305 g/mol. The molecule has 0 spiro atoms. The van der Waals surface area contributed by atoms with E-state index in [4.69, 9.17) is 0 Å². The standard InChI is InChI=1S/C12H13BrFNO3/c1-7(16)15-11(12(17)18-2)6-8-3-4-10(14)9(13)5-8/h3-5,11H,6H2,1-2H3,(H,15,16)/t11-/m0/s1. The summed E-state index contributed by atoms with van der Waals surface area (Å²) in [5, 5.41) is 2.49. The Morgan fingerprint density at radius 1 is 1.50 bits per heavy atom. The van der Waals surface area contributed by atoms with Gasteiger partial charge in [0.2, 0.25) is 5.91 Å². The van der Waals surface area contributed by atoms with E-state index in [0.717, 1.165) is 0 Å². The first-order valence-corrected chi connectivity index (χ1v) is 6.02. The Balaban J connectivity index is 2.85. The highest BCUT2D eigenvalue weighted by molar-refractivity contribution is 9.10. The zero-order chi connectivity index (χ0) is 13.7. The van der Waals surface area contributed by atoms with Gasteiger partial charge in [0.25, 0.3) is 0 Å². The van der Waals surface area contributed by atoms with Crippen molar-refractivity contribution in [2.45, 2.75) is 19.4 Å². The number of hydrogen-bond donors (Lipinski definition) is 1. The van der Waals surface area contributed by atoms with Crippen molar-refractivity contribution in [3.05, 3.63) is 34.1 Å². The van der Waals surface area contributed by atoms with Crippen LogP contribution in [0.5, 0.6) is 0 Å². The van der Waals surface area contributed by atoms with Gasteiger partial charge in [-0.1, -0.05) is 6.07 Å². The second-order valence-electron chi connectivity index (χ2n) is 3.73. The summed E-state index contributed by atoms with van der Waals surface area (Å²) >= 11 is 3.06. The monoisotopic (exact) mass is 317 g/mol. The van der Waals surface area contributed by atoms with Crippen molar-refractivity contribution >= 4 is 27.8 Å². The van der Waals surface area contributed by atoms with Gasteiger partial charge in [-0.2, -0.15) is 0 Å². The number of halogens is 2. The quantitative estimate of drug-likeness (QED) is 0.862. The summed E-state index contributed by atoms with van der Waals surface area (Å²) < 4.78 is 18.0. The SMILES string of the molecule is COC(=O)[C@H](Cc1ccc(F)c(Br)c1)NC(C)=O. The van der Waals surface area contributed by atoms with Crippen LogP contribution >= 0.6 is 15.9 Å². The van der Waals surface area contributed by atoms with Gasteiger partial charge >= 0.3 is 5.97 Å². The van der Waals surface area contributed by atoms with E-state index in [1.165, 1.54) is 20.1 Å². The summed E-state index contributed by atoms with van der Waals surface area (Å²) in [6.07, 6.45) is 0.241. The van der Waals surface area contributed by atoms with E-state index >= 15 is 0 Å². The molecule has 0 radical (unpaired) electrons. The van der Waals surface area contributed by atoms with Crippen LogP contribution in [0.1, 0.15) is 12.5 Å². The summed E-state index contributed by atoms with van der Waals surface area (Å²) in [4.78, 5) is 22.5. The zero-order valence-corrected chi connectivity index (χ0v) is 11.6. The molecule has 1 aromatic rings. The van der Waals surface area contributed by atoms with Crippen molar-refractivity contribution in [1.29, 1.82) is 0 Å². The third kappa shape index (κ3) is 4.10. The molecule has 6 heteroatoms.